The first kappa shape index (κ1) is 12.8. The molecule has 1 fully saturated rings. The zero-order chi connectivity index (χ0) is 13.1. The first-order valence-corrected chi connectivity index (χ1v) is 6.01. The van der Waals surface area contributed by atoms with Gasteiger partial charge in [-0.1, -0.05) is 0 Å². The van der Waals surface area contributed by atoms with Crippen LogP contribution in [0.4, 0.5) is 5.95 Å². The van der Waals surface area contributed by atoms with E-state index in [4.69, 9.17) is 9.84 Å². The van der Waals surface area contributed by atoms with Gasteiger partial charge < -0.3 is 14.7 Å². The van der Waals surface area contributed by atoms with Crippen LogP contribution in [0.15, 0.2) is 6.20 Å². The van der Waals surface area contributed by atoms with Crippen LogP contribution in [-0.4, -0.2) is 46.8 Å². The average molecular weight is 251 g/mol. The number of carboxylic acid groups (broad SMARTS) is 1. The molecule has 2 rings (SSSR count). The Kier molecular flexibility index (Phi) is 3.76. The van der Waals surface area contributed by atoms with Crippen molar-refractivity contribution in [2.24, 2.45) is 0 Å². The van der Waals surface area contributed by atoms with Crippen molar-refractivity contribution in [2.75, 3.05) is 24.6 Å². The monoisotopic (exact) mass is 251 g/mol. The van der Waals surface area contributed by atoms with Gasteiger partial charge in [0, 0.05) is 25.9 Å². The Hall–Kier alpha value is -1.69. The quantitative estimate of drug-likeness (QED) is 0.848. The summed E-state index contributed by atoms with van der Waals surface area (Å²) in [5.74, 6) is -0.415. The molecule has 18 heavy (non-hydrogen) atoms. The molecular weight excluding hydrogens is 234 g/mol. The van der Waals surface area contributed by atoms with Gasteiger partial charge in [0.2, 0.25) is 5.95 Å². The van der Waals surface area contributed by atoms with Gasteiger partial charge in [0.25, 0.3) is 0 Å². The Balaban J connectivity index is 2.22. The van der Waals surface area contributed by atoms with Gasteiger partial charge in [0.05, 0.1) is 17.4 Å². The molecule has 0 radical (unpaired) electrons. The first-order chi connectivity index (χ1) is 8.58. The molecular formula is C12H17N3O3. The minimum absolute atomic E-state index is 0.135. The zero-order valence-corrected chi connectivity index (χ0v) is 10.6. The molecule has 0 bridgehead atoms. The summed E-state index contributed by atoms with van der Waals surface area (Å²) in [6.07, 6.45) is 2.43. The molecule has 1 N–H and O–H groups in total. The van der Waals surface area contributed by atoms with Crippen molar-refractivity contribution in [3.05, 3.63) is 17.5 Å². The van der Waals surface area contributed by atoms with Crippen molar-refractivity contribution in [1.29, 1.82) is 0 Å². The van der Waals surface area contributed by atoms with E-state index in [1.807, 2.05) is 11.8 Å². The fraction of sp³-hybridized carbons (Fsp3) is 0.583. The fourth-order valence-corrected chi connectivity index (χ4v) is 1.99. The Bertz CT molecular complexity index is 450. The van der Waals surface area contributed by atoms with Crippen molar-refractivity contribution in [1.82, 2.24) is 9.97 Å². The molecule has 6 nitrogen and oxygen atoms in total. The summed E-state index contributed by atoms with van der Waals surface area (Å²) in [5, 5.41) is 8.94. The largest absolute Gasteiger partial charge is 0.478 e. The predicted octanol–water partition coefficient (Wildman–Crippen LogP) is 1.10. The van der Waals surface area contributed by atoms with Crippen molar-refractivity contribution in [3.63, 3.8) is 0 Å². The SMILES string of the molecule is Cc1nc(N2CCCOC(C)C2)ncc1C(=O)O. The standard InChI is InChI=1S/C12H17N3O3/c1-8-7-15(4-3-5-18-8)12-13-6-10(11(16)17)9(2)14-12/h6,8H,3-5,7H2,1-2H3,(H,16,17). The molecule has 2 heterocycles. The van der Waals surface area contributed by atoms with Gasteiger partial charge in [0.15, 0.2) is 0 Å². The lowest BCUT2D eigenvalue weighted by Crippen LogP contribution is -2.31. The van der Waals surface area contributed by atoms with Gasteiger partial charge in [-0.15, -0.1) is 0 Å². The van der Waals surface area contributed by atoms with E-state index in [-0.39, 0.29) is 11.7 Å². The number of aromatic carboxylic acids is 1. The minimum atomic E-state index is -0.994. The van der Waals surface area contributed by atoms with Crippen molar-refractivity contribution in [2.45, 2.75) is 26.4 Å². The van der Waals surface area contributed by atoms with Gasteiger partial charge in [-0.3, -0.25) is 0 Å². The molecule has 1 atom stereocenters. The second-order valence-corrected chi connectivity index (χ2v) is 4.46. The summed E-state index contributed by atoms with van der Waals surface area (Å²) in [4.78, 5) is 21.4. The van der Waals surface area contributed by atoms with E-state index in [1.165, 1.54) is 6.20 Å². The fourth-order valence-electron chi connectivity index (χ4n) is 1.99. The Morgan fingerprint density at radius 2 is 2.39 bits per heavy atom. The molecule has 1 aliphatic heterocycles. The number of nitrogens with zero attached hydrogens (tertiary/aromatic N) is 3. The van der Waals surface area contributed by atoms with Crippen LogP contribution in [0.25, 0.3) is 0 Å². The number of carbonyl (C=O) groups is 1. The smallest absolute Gasteiger partial charge is 0.339 e. The van der Waals surface area contributed by atoms with E-state index in [9.17, 15) is 4.79 Å². The number of carboxylic acids is 1. The number of rotatable bonds is 2. The summed E-state index contributed by atoms with van der Waals surface area (Å²) in [5.41, 5.74) is 0.642. The minimum Gasteiger partial charge on any atom is -0.478 e. The van der Waals surface area contributed by atoms with Crippen LogP contribution >= 0.6 is 0 Å². The van der Waals surface area contributed by atoms with Crippen molar-refractivity contribution >= 4 is 11.9 Å². The molecule has 1 unspecified atom stereocenters. The third-order valence-electron chi connectivity index (χ3n) is 2.93. The van der Waals surface area contributed by atoms with Crippen LogP contribution in [0.3, 0.4) is 0 Å². The first-order valence-electron chi connectivity index (χ1n) is 6.01. The van der Waals surface area contributed by atoms with Gasteiger partial charge in [-0.2, -0.15) is 0 Å². The summed E-state index contributed by atoms with van der Waals surface area (Å²) in [6, 6.07) is 0. The molecule has 6 heteroatoms. The average Bonchev–Trinajstić information content (AvgIpc) is 2.53. The van der Waals surface area contributed by atoms with E-state index < -0.39 is 5.97 Å². The van der Waals surface area contributed by atoms with E-state index in [0.717, 1.165) is 26.1 Å². The molecule has 0 spiro atoms. The number of ether oxygens (including phenoxy) is 1. The zero-order valence-electron chi connectivity index (χ0n) is 10.6. The normalized spacial score (nSPS) is 20.6. The van der Waals surface area contributed by atoms with Crippen LogP contribution in [0.1, 0.15) is 29.4 Å². The third-order valence-corrected chi connectivity index (χ3v) is 2.93. The molecule has 0 aliphatic carbocycles. The van der Waals surface area contributed by atoms with Crippen LogP contribution in [0.2, 0.25) is 0 Å². The van der Waals surface area contributed by atoms with Gasteiger partial charge in [-0.05, 0) is 20.3 Å². The number of hydrogen-bond donors (Lipinski definition) is 1. The van der Waals surface area contributed by atoms with Crippen LogP contribution in [-0.2, 0) is 4.74 Å². The maximum Gasteiger partial charge on any atom is 0.339 e. The van der Waals surface area contributed by atoms with E-state index in [2.05, 4.69) is 9.97 Å². The highest BCUT2D eigenvalue weighted by Crippen LogP contribution is 2.15. The lowest BCUT2D eigenvalue weighted by Gasteiger charge is -2.22. The second-order valence-electron chi connectivity index (χ2n) is 4.46. The van der Waals surface area contributed by atoms with E-state index in [1.54, 1.807) is 6.92 Å². The topological polar surface area (TPSA) is 75.5 Å². The van der Waals surface area contributed by atoms with Gasteiger partial charge in [0.1, 0.15) is 0 Å². The van der Waals surface area contributed by atoms with Crippen LogP contribution in [0, 0.1) is 6.92 Å². The summed E-state index contributed by atoms with van der Waals surface area (Å²) >= 11 is 0. The van der Waals surface area contributed by atoms with E-state index in [0.29, 0.717) is 11.6 Å². The van der Waals surface area contributed by atoms with E-state index >= 15 is 0 Å². The lowest BCUT2D eigenvalue weighted by atomic mass is 10.2. The molecule has 0 amide bonds. The second kappa shape index (κ2) is 5.30. The van der Waals surface area contributed by atoms with Crippen LogP contribution in [0.5, 0.6) is 0 Å². The molecule has 1 aromatic rings. The highest BCUT2D eigenvalue weighted by atomic mass is 16.5. The number of aryl methyl sites for hydroxylation is 1. The lowest BCUT2D eigenvalue weighted by molar-refractivity contribution is 0.0695. The number of hydrogen-bond acceptors (Lipinski definition) is 5. The van der Waals surface area contributed by atoms with Gasteiger partial charge in [-0.25, -0.2) is 14.8 Å². The Labute approximate surface area is 106 Å². The number of aromatic nitrogens is 2. The molecule has 0 saturated carbocycles. The van der Waals surface area contributed by atoms with Crippen LogP contribution < -0.4 is 4.90 Å². The molecule has 98 valence electrons. The maximum absolute atomic E-state index is 10.9. The molecule has 1 aromatic heterocycles. The summed E-state index contributed by atoms with van der Waals surface area (Å²) < 4.78 is 5.56. The predicted molar refractivity (Wildman–Crippen MR) is 66.0 cm³/mol. The maximum atomic E-state index is 10.9. The highest BCUT2D eigenvalue weighted by Gasteiger charge is 2.19. The Morgan fingerprint density at radius 3 is 3.06 bits per heavy atom. The van der Waals surface area contributed by atoms with Gasteiger partial charge >= 0.3 is 5.97 Å². The highest BCUT2D eigenvalue weighted by molar-refractivity contribution is 5.88. The molecule has 0 aromatic carbocycles. The Morgan fingerprint density at radius 1 is 1.61 bits per heavy atom. The van der Waals surface area contributed by atoms with Crippen molar-refractivity contribution in [3.8, 4) is 0 Å². The summed E-state index contributed by atoms with van der Waals surface area (Å²) in [7, 11) is 0. The molecule has 1 aliphatic rings. The molecule has 1 saturated heterocycles. The van der Waals surface area contributed by atoms with Crippen molar-refractivity contribution < 1.29 is 14.6 Å². The third kappa shape index (κ3) is 2.76. The summed E-state index contributed by atoms with van der Waals surface area (Å²) in [6.45, 7) is 6.00. The number of anilines is 1.